The minimum atomic E-state index is -0.341. The third-order valence-electron chi connectivity index (χ3n) is 3.99. The van der Waals surface area contributed by atoms with Crippen molar-refractivity contribution in [1.29, 1.82) is 0 Å². The van der Waals surface area contributed by atoms with E-state index >= 15 is 0 Å². The van der Waals surface area contributed by atoms with Crippen LogP contribution in [0.25, 0.3) is 5.69 Å². The molecule has 1 aliphatic rings. The highest BCUT2D eigenvalue weighted by Gasteiger charge is 2.31. The van der Waals surface area contributed by atoms with Crippen LogP contribution in [-0.2, 0) is 4.74 Å². The molecule has 0 bridgehead atoms. The van der Waals surface area contributed by atoms with Crippen molar-refractivity contribution < 1.29 is 14.6 Å². The molecular formula is C16H20N4O3. The number of nitrogens with zero attached hydrogens (tertiary/aromatic N) is 4. The zero-order valence-corrected chi connectivity index (χ0v) is 13.2. The van der Waals surface area contributed by atoms with Crippen molar-refractivity contribution in [3.8, 4) is 5.69 Å². The highest BCUT2D eigenvalue weighted by atomic mass is 16.5. The summed E-state index contributed by atoms with van der Waals surface area (Å²) in [7, 11) is 0. The lowest BCUT2D eigenvalue weighted by Crippen LogP contribution is -2.52. The molecule has 0 unspecified atom stereocenters. The van der Waals surface area contributed by atoms with Crippen LogP contribution in [0.3, 0.4) is 0 Å². The summed E-state index contributed by atoms with van der Waals surface area (Å²) in [5.74, 6) is -0.102. The fourth-order valence-corrected chi connectivity index (χ4v) is 2.70. The zero-order chi connectivity index (χ0) is 16.4. The van der Waals surface area contributed by atoms with E-state index in [1.54, 1.807) is 17.3 Å². The number of benzene rings is 1. The van der Waals surface area contributed by atoms with Crippen LogP contribution in [-0.4, -0.2) is 62.8 Å². The van der Waals surface area contributed by atoms with E-state index in [1.807, 2.05) is 32.0 Å². The molecule has 1 fully saturated rings. The molecule has 0 aliphatic carbocycles. The number of rotatable bonds is 3. The van der Waals surface area contributed by atoms with Crippen molar-refractivity contribution in [2.45, 2.75) is 26.0 Å². The lowest BCUT2D eigenvalue weighted by molar-refractivity contribution is -0.0667. The topological polar surface area (TPSA) is 80.5 Å². The summed E-state index contributed by atoms with van der Waals surface area (Å²) in [4.78, 5) is 16.2. The number of aliphatic hydroxyl groups is 1. The molecule has 1 saturated heterocycles. The van der Waals surface area contributed by atoms with Gasteiger partial charge in [-0.05, 0) is 26.0 Å². The smallest absolute Gasteiger partial charge is 0.256 e. The Morgan fingerprint density at radius 3 is 2.83 bits per heavy atom. The van der Waals surface area contributed by atoms with Crippen LogP contribution in [0, 0.1) is 6.92 Å². The van der Waals surface area contributed by atoms with Gasteiger partial charge in [-0.2, -0.15) is 15.0 Å². The molecule has 3 rings (SSSR count). The maximum absolute atomic E-state index is 13.1. The highest BCUT2D eigenvalue weighted by molar-refractivity contribution is 5.98. The summed E-state index contributed by atoms with van der Waals surface area (Å²) < 4.78 is 5.51. The summed E-state index contributed by atoms with van der Waals surface area (Å²) >= 11 is 0. The molecule has 1 aromatic heterocycles. The Balaban J connectivity index is 1.97. The molecule has 7 nitrogen and oxygen atoms in total. The monoisotopic (exact) mass is 316 g/mol. The van der Waals surface area contributed by atoms with E-state index in [-0.39, 0.29) is 24.7 Å². The van der Waals surface area contributed by atoms with Crippen LogP contribution in [0.15, 0.2) is 30.6 Å². The van der Waals surface area contributed by atoms with Gasteiger partial charge in [0, 0.05) is 6.54 Å². The van der Waals surface area contributed by atoms with E-state index in [2.05, 4.69) is 10.2 Å². The number of carbonyl (C=O) groups excluding carboxylic acids is 1. The minimum Gasteiger partial charge on any atom is -0.394 e. The Kier molecular flexibility index (Phi) is 4.40. The lowest BCUT2D eigenvalue weighted by Gasteiger charge is -2.37. The van der Waals surface area contributed by atoms with Crippen LogP contribution in [0.4, 0.5) is 0 Å². The van der Waals surface area contributed by atoms with Crippen molar-refractivity contribution in [2.75, 3.05) is 19.8 Å². The quantitative estimate of drug-likeness (QED) is 0.906. The van der Waals surface area contributed by atoms with Gasteiger partial charge in [0.2, 0.25) is 0 Å². The van der Waals surface area contributed by atoms with E-state index in [0.717, 1.165) is 5.56 Å². The van der Waals surface area contributed by atoms with Gasteiger partial charge in [-0.3, -0.25) is 4.79 Å². The first kappa shape index (κ1) is 15.6. The van der Waals surface area contributed by atoms with Crippen molar-refractivity contribution in [3.63, 3.8) is 0 Å². The summed E-state index contributed by atoms with van der Waals surface area (Å²) in [6.07, 6.45) is 2.81. The molecule has 23 heavy (non-hydrogen) atoms. The Morgan fingerprint density at radius 1 is 1.39 bits per heavy atom. The minimum absolute atomic E-state index is 0.0516. The van der Waals surface area contributed by atoms with Gasteiger partial charge in [-0.1, -0.05) is 11.6 Å². The fraction of sp³-hybridized carbons (Fsp3) is 0.438. The molecule has 0 radical (unpaired) electrons. The lowest BCUT2D eigenvalue weighted by atomic mass is 10.1. The number of aryl methyl sites for hydroxylation is 1. The maximum atomic E-state index is 13.1. The summed E-state index contributed by atoms with van der Waals surface area (Å²) in [5.41, 5.74) is 2.18. The Hall–Kier alpha value is -2.25. The van der Waals surface area contributed by atoms with Crippen LogP contribution in [0.5, 0.6) is 0 Å². The standard InChI is InChI=1S/C16H20N4O3/c1-11-3-4-15(20-17-5-6-18-20)14(7-11)16(22)19-8-13(9-21)23-10-12(19)2/h3-7,12-13,21H,8-10H2,1-2H3/t12-,13+/m1/s1. The van der Waals surface area contributed by atoms with Crippen LogP contribution < -0.4 is 0 Å². The average molecular weight is 316 g/mol. The van der Waals surface area contributed by atoms with E-state index in [9.17, 15) is 9.90 Å². The first-order valence-electron chi connectivity index (χ1n) is 7.61. The van der Waals surface area contributed by atoms with Crippen molar-refractivity contribution in [2.24, 2.45) is 0 Å². The molecule has 122 valence electrons. The molecule has 0 saturated carbocycles. The number of amides is 1. The first-order chi connectivity index (χ1) is 11.1. The molecule has 2 heterocycles. The molecule has 0 spiro atoms. The Morgan fingerprint density at radius 2 is 2.13 bits per heavy atom. The van der Waals surface area contributed by atoms with E-state index in [4.69, 9.17) is 4.74 Å². The summed E-state index contributed by atoms with van der Waals surface area (Å²) in [5, 5.41) is 17.6. The molecular weight excluding hydrogens is 296 g/mol. The normalized spacial score (nSPS) is 21.4. The number of hydrogen-bond acceptors (Lipinski definition) is 5. The van der Waals surface area contributed by atoms with Crippen LogP contribution in [0.1, 0.15) is 22.8 Å². The van der Waals surface area contributed by atoms with Gasteiger partial charge in [0.05, 0.1) is 49.0 Å². The molecule has 2 aromatic rings. The van der Waals surface area contributed by atoms with E-state index in [1.165, 1.54) is 4.80 Å². The molecule has 1 N–H and O–H groups in total. The molecule has 1 aromatic carbocycles. The predicted octanol–water partition coefficient (Wildman–Crippen LogP) is 0.798. The van der Waals surface area contributed by atoms with Crippen LogP contribution >= 0.6 is 0 Å². The SMILES string of the molecule is Cc1ccc(-n2nccn2)c(C(=O)N2C[C@@H](CO)OC[C@H]2C)c1. The van der Waals surface area contributed by atoms with Gasteiger partial charge in [0.1, 0.15) is 0 Å². The number of morpholine rings is 1. The molecule has 7 heteroatoms. The number of aliphatic hydroxyl groups excluding tert-OH is 1. The fourth-order valence-electron chi connectivity index (χ4n) is 2.70. The number of carbonyl (C=O) groups is 1. The Labute approximate surface area is 134 Å². The van der Waals surface area contributed by atoms with Gasteiger partial charge in [-0.25, -0.2) is 0 Å². The van der Waals surface area contributed by atoms with Gasteiger partial charge < -0.3 is 14.7 Å². The summed E-state index contributed by atoms with van der Waals surface area (Å²) in [6.45, 7) is 4.57. The molecule has 2 atom stereocenters. The van der Waals surface area contributed by atoms with Gasteiger partial charge in [0.15, 0.2) is 0 Å². The van der Waals surface area contributed by atoms with Gasteiger partial charge >= 0.3 is 0 Å². The Bertz CT molecular complexity index is 687. The zero-order valence-electron chi connectivity index (χ0n) is 13.2. The largest absolute Gasteiger partial charge is 0.394 e. The van der Waals surface area contributed by atoms with Crippen LogP contribution in [0.2, 0.25) is 0 Å². The second kappa shape index (κ2) is 6.47. The third kappa shape index (κ3) is 3.11. The summed E-state index contributed by atoms with van der Waals surface area (Å²) in [6, 6.07) is 5.56. The molecule has 1 aliphatic heterocycles. The predicted molar refractivity (Wildman–Crippen MR) is 83.4 cm³/mol. The average Bonchev–Trinajstić information content (AvgIpc) is 3.09. The van der Waals surface area contributed by atoms with Crippen molar-refractivity contribution in [3.05, 3.63) is 41.7 Å². The first-order valence-corrected chi connectivity index (χ1v) is 7.61. The van der Waals surface area contributed by atoms with Gasteiger partial charge in [-0.15, -0.1) is 0 Å². The number of aromatic nitrogens is 3. The van der Waals surface area contributed by atoms with E-state index in [0.29, 0.717) is 24.4 Å². The number of ether oxygens (including phenoxy) is 1. The second-order valence-corrected chi connectivity index (χ2v) is 5.78. The van der Waals surface area contributed by atoms with Gasteiger partial charge in [0.25, 0.3) is 5.91 Å². The van der Waals surface area contributed by atoms with Crippen molar-refractivity contribution >= 4 is 5.91 Å². The maximum Gasteiger partial charge on any atom is 0.256 e. The molecule has 1 amide bonds. The van der Waals surface area contributed by atoms with Crippen molar-refractivity contribution in [1.82, 2.24) is 19.9 Å². The highest BCUT2D eigenvalue weighted by Crippen LogP contribution is 2.21. The third-order valence-corrected chi connectivity index (χ3v) is 3.99. The number of hydrogen-bond donors (Lipinski definition) is 1. The second-order valence-electron chi connectivity index (χ2n) is 5.78. The van der Waals surface area contributed by atoms with E-state index < -0.39 is 0 Å².